The third-order valence-corrected chi connectivity index (χ3v) is 4.90. The van der Waals surface area contributed by atoms with Crippen LogP contribution in [-0.4, -0.2) is 83.4 Å². The molecule has 0 bridgehead atoms. The molecule has 188 valence electrons. The minimum atomic E-state index is -1.45. The maximum absolute atomic E-state index is 12.8. The number of aliphatic imine (C=N–C) groups is 1. The van der Waals surface area contributed by atoms with E-state index in [2.05, 4.69) is 20.9 Å². The third kappa shape index (κ3) is 13.2. The van der Waals surface area contributed by atoms with E-state index in [0.717, 1.165) is 0 Å². The number of nitrogens with two attached hydrogens (primary N) is 4. The van der Waals surface area contributed by atoms with Crippen molar-refractivity contribution in [2.75, 3.05) is 18.6 Å². The molecule has 0 aromatic rings. The number of hydrogen-bond acceptors (Lipinski definition) is 8. The first kappa shape index (κ1) is 29.9. The second kappa shape index (κ2) is 15.7. The van der Waals surface area contributed by atoms with E-state index >= 15 is 0 Å². The Balaban J connectivity index is 5.45. The molecule has 0 saturated heterocycles. The Hall–Kier alpha value is -3.07. The predicted molar refractivity (Wildman–Crippen MR) is 124 cm³/mol. The summed E-state index contributed by atoms with van der Waals surface area (Å²) in [5, 5.41) is 16.4. The average Bonchev–Trinajstić information content (AvgIpc) is 2.71. The van der Waals surface area contributed by atoms with Crippen LogP contribution < -0.4 is 38.9 Å². The molecule has 0 saturated carbocycles. The van der Waals surface area contributed by atoms with Gasteiger partial charge in [0, 0.05) is 6.54 Å². The lowest BCUT2D eigenvalue weighted by molar-refractivity contribution is -0.142. The van der Waals surface area contributed by atoms with Crippen LogP contribution in [0.4, 0.5) is 0 Å². The maximum atomic E-state index is 12.8. The van der Waals surface area contributed by atoms with Crippen LogP contribution in [0.15, 0.2) is 4.99 Å². The molecule has 0 aliphatic carbocycles. The van der Waals surface area contributed by atoms with Crippen LogP contribution in [0.3, 0.4) is 0 Å². The minimum Gasteiger partial charge on any atom is -0.480 e. The highest BCUT2D eigenvalue weighted by atomic mass is 32.2. The first-order valence-corrected chi connectivity index (χ1v) is 11.5. The normalized spacial score (nSPS) is 14.2. The molecule has 0 aliphatic rings. The first-order valence-electron chi connectivity index (χ1n) is 10.1. The van der Waals surface area contributed by atoms with Gasteiger partial charge in [-0.05, 0) is 38.2 Å². The summed E-state index contributed by atoms with van der Waals surface area (Å²) >= 11 is 1.39. The van der Waals surface area contributed by atoms with Crippen LogP contribution in [-0.2, 0) is 24.0 Å². The van der Waals surface area contributed by atoms with Gasteiger partial charge in [-0.25, -0.2) is 4.79 Å². The van der Waals surface area contributed by atoms with Crippen LogP contribution in [0, 0.1) is 0 Å². The number of rotatable bonds is 16. The lowest BCUT2D eigenvalue weighted by atomic mass is 10.1. The molecule has 33 heavy (non-hydrogen) atoms. The molecule has 0 aromatic heterocycles. The van der Waals surface area contributed by atoms with E-state index in [-0.39, 0.29) is 25.3 Å². The van der Waals surface area contributed by atoms with Crippen LogP contribution >= 0.6 is 11.8 Å². The van der Waals surface area contributed by atoms with E-state index in [1.54, 1.807) is 6.26 Å². The van der Waals surface area contributed by atoms with Crippen LogP contribution in [0.1, 0.15) is 32.6 Å². The number of guanidine groups is 1. The smallest absolute Gasteiger partial charge is 0.326 e. The van der Waals surface area contributed by atoms with Crippen molar-refractivity contribution in [3.05, 3.63) is 0 Å². The third-order valence-electron chi connectivity index (χ3n) is 4.26. The quantitative estimate of drug-likeness (QED) is 0.0602. The lowest BCUT2D eigenvalue weighted by Crippen LogP contribution is -2.57. The van der Waals surface area contributed by atoms with Crippen LogP contribution in [0.25, 0.3) is 0 Å². The number of nitrogens with one attached hydrogen (secondary N) is 3. The number of carbonyl (C=O) groups is 5. The minimum absolute atomic E-state index is 0.0947. The molecule has 0 fully saturated rings. The second-order valence-electron chi connectivity index (χ2n) is 7.21. The molecule has 14 nitrogen and oxygen atoms in total. The molecule has 0 spiro atoms. The average molecular weight is 491 g/mol. The highest BCUT2D eigenvalue weighted by Crippen LogP contribution is 2.05. The Labute approximate surface area is 196 Å². The predicted octanol–water partition coefficient (Wildman–Crippen LogP) is -3.45. The molecule has 0 heterocycles. The van der Waals surface area contributed by atoms with E-state index in [1.165, 1.54) is 18.7 Å². The number of hydrogen-bond donors (Lipinski definition) is 8. The Morgan fingerprint density at radius 2 is 1.45 bits per heavy atom. The Kier molecular flexibility index (Phi) is 14.2. The van der Waals surface area contributed by atoms with Gasteiger partial charge in [0.15, 0.2) is 5.96 Å². The number of carboxylic acid groups (broad SMARTS) is 1. The fourth-order valence-electron chi connectivity index (χ4n) is 2.52. The monoisotopic (exact) mass is 490 g/mol. The summed E-state index contributed by atoms with van der Waals surface area (Å²) in [5.41, 5.74) is 21.2. The van der Waals surface area contributed by atoms with Crippen molar-refractivity contribution in [2.24, 2.45) is 27.9 Å². The summed E-state index contributed by atoms with van der Waals surface area (Å²) in [4.78, 5) is 64.1. The van der Waals surface area contributed by atoms with Crippen LogP contribution in [0.5, 0.6) is 0 Å². The van der Waals surface area contributed by atoms with Crippen molar-refractivity contribution >= 4 is 47.3 Å². The van der Waals surface area contributed by atoms with Gasteiger partial charge in [0.2, 0.25) is 23.6 Å². The molecule has 4 atom stereocenters. The zero-order valence-electron chi connectivity index (χ0n) is 18.7. The van der Waals surface area contributed by atoms with E-state index in [0.29, 0.717) is 12.2 Å². The van der Waals surface area contributed by atoms with E-state index < -0.39 is 60.2 Å². The Bertz CT molecular complexity index is 729. The number of carbonyl (C=O) groups excluding carboxylic acids is 4. The van der Waals surface area contributed by atoms with E-state index in [1.807, 2.05) is 0 Å². The summed E-state index contributed by atoms with van der Waals surface area (Å²) in [7, 11) is 0. The van der Waals surface area contributed by atoms with Gasteiger partial charge in [0.1, 0.15) is 18.1 Å². The Morgan fingerprint density at radius 3 is 1.94 bits per heavy atom. The summed E-state index contributed by atoms with van der Waals surface area (Å²) in [5.74, 6) is -4.12. The fourth-order valence-corrected chi connectivity index (χ4v) is 3.00. The fraction of sp³-hybridized carbons (Fsp3) is 0.667. The summed E-state index contributed by atoms with van der Waals surface area (Å²) in [6.07, 6.45) is 1.74. The number of primary amides is 1. The Morgan fingerprint density at radius 1 is 0.909 bits per heavy atom. The van der Waals surface area contributed by atoms with Crippen molar-refractivity contribution in [3.8, 4) is 0 Å². The highest BCUT2D eigenvalue weighted by Gasteiger charge is 2.30. The second-order valence-corrected chi connectivity index (χ2v) is 8.20. The first-order chi connectivity index (χ1) is 15.4. The summed E-state index contributed by atoms with van der Waals surface area (Å²) < 4.78 is 0. The molecule has 0 radical (unpaired) electrons. The van der Waals surface area contributed by atoms with Gasteiger partial charge in [-0.3, -0.25) is 24.2 Å². The molecular formula is C18H34N8O6S. The number of nitrogens with zero attached hydrogens (tertiary/aromatic N) is 1. The molecule has 15 heteroatoms. The molecule has 4 unspecified atom stereocenters. The van der Waals surface area contributed by atoms with Gasteiger partial charge >= 0.3 is 5.97 Å². The van der Waals surface area contributed by atoms with E-state index in [4.69, 9.17) is 22.9 Å². The van der Waals surface area contributed by atoms with Gasteiger partial charge in [-0.1, -0.05) is 0 Å². The van der Waals surface area contributed by atoms with Crippen molar-refractivity contribution in [1.29, 1.82) is 0 Å². The van der Waals surface area contributed by atoms with Gasteiger partial charge in [-0.2, -0.15) is 11.8 Å². The molecule has 0 aromatic carbocycles. The van der Waals surface area contributed by atoms with Gasteiger partial charge in [0.25, 0.3) is 0 Å². The van der Waals surface area contributed by atoms with Crippen molar-refractivity contribution in [1.82, 2.24) is 16.0 Å². The largest absolute Gasteiger partial charge is 0.480 e. The summed E-state index contributed by atoms with van der Waals surface area (Å²) in [6.45, 7) is 1.61. The highest BCUT2D eigenvalue weighted by molar-refractivity contribution is 7.98. The number of thioether (sulfide) groups is 1. The zero-order valence-corrected chi connectivity index (χ0v) is 19.5. The molecular weight excluding hydrogens is 456 g/mol. The molecule has 12 N–H and O–H groups in total. The van der Waals surface area contributed by atoms with Crippen molar-refractivity contribution in [2.45, 2.75) is 56.8 Å². The zero-order chi connectivity index (χ0) is 25.6. The number of carboxylic acids is 1. The van der Waals surface area contributed by atoms with Crippen molar-refractivity contribution in [3.63, 3.8) is 0 Å². The van der Waals surface area contributed by atoms with Gasteiger partial charge < -0.3 is 44.0 Å². The van der Waals surface area contributed by atoms with Crippen molar-refractivity contribution < 1.29 is 29.1 Å². The van der Waals surface area contributed by atoms with Gasteiger partial charge in [-0.15, -0.1) is 0 Å². The number of amides is 4. The van der Waals surface area contributed by atoms with Gasteiger partial charge in [0.05, 0.1) is 12.5 Å². The standard InChI is InChI=1S/C18H34N8O6S/c1-9(19)14(28)24-10(4-3-6-23-18(21)22)15(29)26-12(8-13(20)27)16(30)25-11(17(31)32)5-7-33-2/h9-12H,3-8,19H2,1-2H3,(H2,20,27)(H,24,28)(H,25,30)(H,26,29)(H,31,32)(H4,21,22,23). The topological polar surface area (TPSA) is 258 Å². The summed E-state index contributed by atoms with van der Waals surface area (Å²) in [6, 6.07) is -4.69. The number of aliphatic carboxylic acids is 1. The molecule has 0 rings (SSSR count). The lowest BCUT2D eigenvalue weighted by Gasteiger charge is -2.24. The van der Waals surface area contributed by atoms with Crippen LogP contribution in [0.2, 0.25) is 0 Å². The SMILES string of the molecule is CSCCC(NC(=O)C(CC(N)=O)NC(=O)C(CCCN=C(N)N)NC(=O)C(C)N)C(=O)O. The maximum Gasteiger partial charge on any atom is 0.326 e. The molecule has 4 amide bonds. The van der Waals surface area contributed by atoms with E-state index in [9.17, 15) is 29.1 Å². The molecule has 0 aliphatic heterocycles.